The summed E-state index contributed by atoms with van der Waals surface area (Å²) < 4.78 is 4.47. The van der Waals surface area contributed by atoms with Crippen LogP contribution in [0.2, 0.25) is 0 Å². The standard InChI is InChI=1S/C17H23NO9/c1-9(20)18-11(7-10-5-3-2-4-6-10)16(25)27-17(26)15(24)14(23)13(22)12(21)8-19/h2-6,11-15,19,21-24H,7-8H2,1H3,(H,18,20)/t11-,12+,13+,14-,15+/m0/s1. The van der Waals surface area contributed by atoms with Crippen molar-refractivity contribution < 1.29 is 44.7 Å². The molecule has 27 heavy (non-hydrogen) atoms. The average Bonchev–Trinajstić information content (AvgIpc) is 2.65. The maximum atomic E-state index is 12.2. The van der Waals surface area contributed by atoms with Gasteiger partial charge in [0.2, 0.25) is 5.91 Å². The maximum absolute atomic E-state index is 12.2. The Morgan fingerprint density at radius 2 is 1.59 bits per heavy atom. The molecule has 5 atom stereocenters. The van der Waals surface area contributed by atoms with Gasteiger partial charge in [0.1, 0.15) is 24.4 Å². The number of aliphatic hydroxyl groups excluding tert-OH is 5. The highest BCUT2D eigenvalue weighted by Crippen LogP contribution is 2.09. The minimum absolute atomic E-state index is 0.0109. The molecule has 1 rings (SSSR count). The summed E-state index contributed by atoms with van der Waals surface area (Å²) in [7, 11) is 0. The van der Waals surface area contributed by atoms with Crippen molar-refractivity contribution in [3.8, 4) is 0 Å². The van der Waals surface area contributed by atoms with Gasteiger partial charge in [-0.05, 0) is 5.56 Å². The second-order valence-corrected chi connectivity index (χ2v) is 5.86. The summed E-state index contributed by atoms with van der Waals surface area (Å²) in [6.07, 6.45) is -8.43. The van der Waals surface area contributed by atoms with E-state index in [1.165, 1.54) is 6.92 Å². The Morgan fingerprint density at radius 1 is 1.00 bits per heavy atom. The quantitative estimate of drug-likeness (QED) is 0.194. The average molecular weight is 385 g/mol. The van der Waals surface area contributed by atoms with E-state index in [1.54, 1.807) is 30.3 Å². The molecule has 0 aliphatic rings. The van der Waals surface area contributed by atoms with Gasteiger partial charge in [0, 0.05) is 13.3 Å². The topological polar surface area (TPSA) is 174 Å². The number of aliphatic hydroxyl groups is 5. The first-order chi connectivity index (χ1) is 12.7. The SMILES string of the molecule is CC(=O)N[C@@H](Cc1ccccc1)C(=O)OC(=O)[C@H](O)[C@@H](O)[C@H](O)[C@H](O)CO. The Kier molecular flexibility index (Phi) is 8.98. The summed E-state index contributed by atoms with van der Waals surface area (Å²) in [6, 6.07) is 7.33. The molecule has 0 saturated heterocycles. The molecule has 1 aromatic carbocycles. The lowest BCUT2D eigenvalue weighted by molar-refractivity contribution is -0.178. The monoisotopic (exact) mass is 385 g/mol. The number of carbonyl (C=O) groups excluding carboxylic acids is 3. The Bertz CT molecular complexity index is 637. The molecule has 150 valence electrons. The van der Waals surface area contributed by atoms with Gasteiger partial charge in [-0.15, -0.1) is 0 Å². The van der Waals surface area contributed by atoms with E-state index in [0.717, 1.165) is 0 Å². The Hall–Kier alpha value is -2.37. The van der Waals surface area contributed by atoms with E-state index in [0.29, 0.717) is 5.56 Å². The highest BCUT2D eigenvalue weighted by atomic mass is 16.6. The molecule has 0 bridgehead atoms. The number of hydrogen-bond donors (Lipinski definition) is 6. The largest absolute Gasteiger partial charge is 0.394 e. The lowest BCUT2D eigenvalue weighted by Gasteiger charge is -2.24. The molecule has 1 amide bonds. The van der Waals surface area contributed by atoms with Crippen molar-refractivity contribution >= 4 is 17.8 Å². The van der Waals surface area contributed by atoms with Crippen molar-refractivity contribution in [1.82, 2.24) is 5.32 Å². The predicted octanol–water partition coefficient (Wildman–Crippen LogP) is -2.76. The molecule has 0 aliphatic heterocycles. The number of benzene rings is 1. The van der Waals surface area contributed by atoms with E-state index in [-0.39, 0.29) is 6.42 Å². The van der Waals surface area contributed by atoms with Crippen molar-refractivity contribution in [3.63, 3.8) is 0 Å². The second-order valence-electron chi connectivity index (χ2n) is 5.86. The third kappa shape index (κ3) is 7.04. The molecular weight excluding hydrogens is 362 g/mol. The highest BCUT2D eigenvalue weighted by Gasteiger charge is 2.37. The molecule has 6 N–H and O–H groups in total. The first-order valence-electron chi connectivity index (χ1n) is 8.07. The first kappa shape index (κ1) is 22.7. The Labute approximate surface area is 155 Å². The van der Waals surface area contributed by atoms with Gasteiger partial charge in [0.05, 0.1) is 6.61 Å². The van der Waals surface area contributed by atoms with Crippen molar-refractivity contribution in [2.24, 2.45) is 0 Å². The summed E-state index contributed by atoms with van der Waals surface area (Å²) in [6.45, 7) is 0.235. The fraction of sp³-hybridized carbons (Fsp3) is 0.471. The molecule has 0 radical (unpaired) electrons. The number of ether oxygens (including phenoxy) is 1. The number of amides is 1. The van der Waals surface area contributed by atoms with Crippen LogP contribution in [0.5, 0.6) is 0 Å². The number of esters is 2. The van der Waals surface area contributed by atoms with Gasteiger partial charge in [-0.2, -0.15) is 0 Å². The summed E-state index contributed by atoms with van der Waals surface area (Å²) in [5.74, 6) is -3.31. The zero-order valence-electron chi connectivity index (χ0n) is 14.6. The van der Waals surface area contributed by atoms with Crippen LogP contribution < -0.4 is 5.32 Å². The lowest BCUT2D eigenvalue weighted by Crippen LogP contribution is -2.50. The van der Waals surface area contributed by atoms with Crippen LogP contribution in [0.15, 0.2) is 30.3 Å². The van der Waals surface area contributed by atoms with Crippen LogP contribution in [-0.2, 0) is 25.5 Å². The van der Waals surface area contributed by atoms with E-state index in [1.807, 2.05) is 0 Å². The summed E-state index contributed by atoms with van der Waals surface area (Å²) in [5, 5.41) is 49.1. The van der Waals surface area contributed by atoms with E-state index in [4.69, 9.17) is 5.11 Å². The fourth-order valence-corrected chi connectivity index (χ4v) is 2.18. The number of carbonyl (C=O) groups is 3. The Morgan fingerprint density at radius 3 is 2.11 bits per heavy atom. The van der Waals surface area contributed by atoms with Crippen LogP contribution in [0, 0.1) is 0 Å². The van der Waals surface area contributed by atoms with E-state index in [9.17, 15) is 34.8 Å². The minimum Gasteiger partial charge on any atom is -0.394 e. The molecule has 1 aromatic rings. The van der Waals surface area contributed by atoms with E-state index < -0.39 is 54.9 Å². The van der Waals surface area contributed by atoms with Crippen LogP contribution in [0.4, 0.5) is 0 Å². The van der Waals surface area contributed by atoms with Gasteiger partial charge in [-0.3, -0.25) is 4.79 Å². The number of nitrogens with one attached hydrogen (secondary N) is 1. The Balaban J connectivity index is 2.78. The van der Waals surface area contributed by atoms with Crippen molar-refractivity contribution in [1.29, 1.82) is 0 Å². The molecule has 0 spiro atoms. The van der Waals surface area contributed by atoms with Crippen LogP contribution in [0.25, 0.3) is 0 Å². The van der Waals surface area contributed by atoms with Crippen molar-refractivity contribution in [3.05, 3.63) is 35.9 Å². The van der Waals surface area contributed by atoms with Gasteiger partial charge < -0.3 is 35.6 Å². The summed E-state index contributed by atoms with van der Waals surface area (Å²) in [5.41, 5.74) is 0.669. The second kappa shape index (κ2) is 10.7. The van der Waals surface area contributed by atoms with Gasteiger partial charge in [0.25, 0.3) is 0 Å². The molecule has 10 heteroatoms. The molecule has 0 aliphatic carbocycles. The third-order valence-electron chi connectivity index (χ3n) is 3.64. The number of hydrogen-bond acceptors (Lipinski definition) is 9. The maximum Gasteiger partial charge on any atom is 0.345 e. The van der Waals surface area contributed by atoms with Crippen LogP contribution >= 0.6 is 0 Å². The third-order valence-corrected chi connectivity index (χ3v) is 3.64. The predicted molar refractivity (Wildman–Crippen MR) is 90.0 cm³/mol. The van der Waals surface area contributed by atoms with Gasteiger partial charge >= 0.3 is 11.9 Å². The van der Waals surface area contributed by atoms with Crippen LogP contribution in [-0.4, -0.2) is 80.4 Å². The van der Waals surface area contributed by atoms with Crippen molar-refractivity contribution in [2.75, 3.05) is 6.61 Å². The zero-order chi connectivity index (χ0) is 20.6. The van der Waals surface area contributed by atoms with E-state index in [2.05, 4.69) is 10.1 Å². The summed E-state index contributed by atoms with van der Waals surface area (Å²) >= 11 is 0. The molecule has 0 heterocycles. The smallest absolute Gasteiger partial charge is 0.345 e. The molecule has 0 fully saturated rings. The molecule has 0 aromatic heterocycles. The molecule has 0 saturated carbocycles. The van der Waals surface area contributed by atoms with Gasteiger partial charge in [0.15, 0.2) is 6.10 Å². The number of rotatable bonds is 9. The van der Waals surface area contributed by atoms with Gasteiger partial charge in [-0.25, -0.2) is 9.59 Å². The highest BCUT2D eigenvalue weighted by molar-refractivity contribution is 5.92. The van der Waals surface area contributed by atoms with Gasteiger partial charge in [-0.1, -0.05) is 30.3 Å². The summed E-state index contributed by atoms with van der Waals surface area (Å²) in [4.78, 5) is 35.3. The first-order valence-corrected chi connectivity index (χ1v) is 8.07. The van der Waals surface area contributed by atoms with Crippen LogP contribution in [0.3, 0.4) is 0 Å². The zero-order valence-corrected chi connectivity index (χ0v) is 14.6. The molecule has 0 unspecified atom stereocenters. The fourth-order valence-electron chi connectivity index (χ4n) is 2.18. The minimum atomic E-state index is -2.36. The normalized spacial score (nSPS) is 16.5. The lowest BCUT2D eigenvalue weighted by atomic mass is 10.0. The molecule has 10 nitrogen and oxygen atoms in total. The molecular formula is C17H23NO9. The van der Waals surface area contributed by atoms with E-state index >= 15 is 0 Å². The van der Waals surface area contributed by atoms with Crippen molar-refractivity contribution in [2.45, 2.75) is 43.8 Å². The van der Waals surface area contributed by atoms with Crippen LogP contribution in [0.1, 0.15) is 12.5 Å².